The number of nitriles is 1. The van der Waals surface area contributed by atoms with Crippen molar-refractivity contribution in [2.24, 2.45) is 11.3 Å². The zero-order chi connectivity index (χ0) is 13.8. The van der Waals surface area contributed by atoms with Crippen molar-refractivity contribution in [3.8, 4) is 6.07 Å². The van der Waals surface area contributed by atoms with Crippen molar-refractivity contribution in [2.75, 3.05) is 6.61 Å². The monoisotopic (exact) mass is 255 g/mol. The summed E-state index contributed by atoms with van der Waals surface area (Å²) < 4.78 is 4.98. The van der Waals surface area contributed by atoms with Crippen molar-refractivity contribution in [3.05, 3.63) is 35.4 Å². The van der Waals surface area contributed by atoms with E-state index in [0.717, 1.165) is 5.56 Å². The third-order valence-corrected chi connectivity index (χ3v) is 4.42. The largest absolute Gasteiger partial charge is 0.464 e. The van der Waals surface area contributed by atoms with E-state index in [9.17, 15) is 10.1 Å². The SMILES string of the molecule is CC(C)(C)c1ccc([C@H]2[C@@H]3COC(=O)[C@@]32C#N)cc1. The summed E-state index contributed by atoms with van der Waals surface area (Å²) in [6.07, 6.45) is 0. The number of carbonyl (C=O) groups excluding carboxylic acids is 1. The summed E-state index contributed by atoms with van der Waals surface area (Å²) in [5.41, 5.74) is 1.55. The van der Waals surface area contributed by atoms with E-state index in [4.69, 9.17) is 4.74 Å². The summed E-state index contributed by atoms with van der Waals surface area (Å²) >= 11 is 0. The summed E-state index contributed by atoms with van der Waals surface area (Å²) in [7, 11) is 0. The number of hydrogen-bond acceptors (Lipinski definition) is 3. The van der Waals surface area contributed by atoms with Crippen LogP contribution in [0.25, 0.3) is 0 Å². The van der Waals surface area contributed by atoms with Crippen molar-refractivity contribution in [1.29, 1.82) is 5.26 Å². The number of ether oxygens (including phenoxy) is 1. The zero-order valence-corrected chi connectivity index (χ0v) is 11.4. The number of fused-ring (bicyclic) bond motifs is 1. The van der Waals surface area contributed by atoms with Crippen LogP contribution in [0.1, 0.15) is 37.8 Å². The molecule has 1 aliphatic heterocycles. The molecule has 0 bridgehead atoms. The molecule has 3 heteroatoms. The summed E-state index contributed by atoms with van der Waals surface area (Å²) in [6, 6.07) is 10.5. The molecule has 3 rings (SSSR count). The standard InChI is InChI=1S/C16H17NO2/c1-15(2,3)11-6-4-10(5-7-11)13-12-8-19-14(18)16(12,13)9-17/h4-7,12-13H,8H2,1-3H3/t12-,13-,16-/m0/s1. The highest BCUT2D eigenvalue weighted by atomic mass is 16.5. The predicted molar refractivity (Wildman–Crippen MR) is 70.4 cm³/mol. The van der Waals surface area contributed by atoms with Gasteiger partial charge in [-0.25, -0.2) is 0 Å². The van der Waals surface area contributed by atoms with Crippen LogP contribution in [0.15, 0.2) is 24.3 Å². The third kappa shape index (κ3) is 1.53. The van der Waals surface area contributed by atoms with Crippen LogP contribution in [-0.4, -0.2) is 12.6 Å². The minimum absolute atomic E-state index is 0.0211. The van der Waals surface area contributed by atoms with E-state index in [1.165, 1.54) is 5.56 Å². The fourth-order valence-electron chi connectivity index (χ4n) is 3.13. The van der Waals surface area contributed by atoms with Crippen LogP contribution in [-0.2, 0) is 14.9 Å². The zero-order valence-electron chi connectivity index (χ0n) is 11.4. The van der Waals surface area contributed by atoms with Gasteiger partial charge in [0.15, 0.2) is 5.41 Å². The van der Waals surface area contributed by atoms with Crippen molar-refractivity contribution < 1.29 is 9.53 Å². The van der Waals surface area contributed by atoms with E-state index in [1.54, 1.807) is 0 Å². The molecule has 1 saturated heterocycles. The molecule has 1 aromatic rings. The molecule has 0 amide bonds. The quantitative estimate of drug-likeness (QED) is 0.725. The Morgan fingerprint density at radius 1 is 1.32 bits per heavy atom. The van der Waals surface area contributed by atoms with Crippen molar-refractivity contribution in [1.82, 2.24) is 0 Å². The van der Waals surface area contributed by atoms with Gasteiger partial charge in [-0.2, -0.15) is 5.26 Å². The van der Waals surface area contributed by atoms with Gasteiger partial charge in [-0.3, -0.25) is 4.79 Å². The van der Waals surface area contributed by atoms with Gasteiger partial charge in [-0.05, 0) is 16.5 Å². The van der Waals surface area contributed by atoms with Gasteiger partial charge in [0.1, 0.15) is 0 Å². The predicted octanol–water partition coefficient (Wildman–Crippen LogP) is 2.76. The highest BCUT2D eigenvalue weighted by Gasteiger charge is 2.76. The molecule has 3 nitrogen and oxygen atoms in total. The number of esters is 1. The smallest absolute Gasteiger partial charge is 0.327 e. The minimum Gasteiger partial charge on any atom is -0.464 e. The van der Waals surface area contributed by atoms with Gasteiger partial charge in [0.05, 0.1) is 12.7 Å². The van der Waals surface area contributed by atoms with Gasteiger partial charge < -0.3 is 4.74 Å². The van der Waals surface area contributed by atoms with Gasteiger partial charge >= 0.3 is 5.97 Å². The lowest BCUT2D eigenvalue weighted by Crippen LogP contribution is -2.15. The van der Waals surface area contributed by atoms with E-state index in [0.29, 0.717) is 6.61 Å². The van der Waals surface area contributed by atoms with Crippen LogP contribution >= 0.6 is 0 Å². The van der Waals surface area contributed by atoms with Crippen molar-refractivity contribution in [3.63, 3.8) is 0 Å². The molecule has 1 aromatic carbocycles. The van der Waals surface area contributed by atoms with Crippen LogP contribution in [0.5, 0.6) is 0 Å². The first-order valence-corrected chi connectivity index (χ1v) is 6.60. The molecule has 0 unspecified atom stereocenters. The number of nitrogens with zero attached hydrogens (tertiary/aromatic N) is 1. The first kappa shape index (κ1) is 12.2. The first-order valence-electron chi connectivity index (χ1n) is 6.60. The molecule has 2 aliphatic rings. The first-order chi connectivity index (χ1) is 8.91. The fraction of sp³-hybridized carbons (Fsp3) is 0.500. The van der Waals surface area contributed by atoms with Gasteiger partial charge in [-0.1, -0.05) is 45.0 Å². The van der Waals surface area contributed by atoms with E-state index in [2.05, 4.69) is 51.1 Å². The molecule has 3 atom stereocenters. The minimum atomic E-state index is -0.900. The summed E-state index contributed by atoms with van der Waals surface area (Å²) in [5, 5.41) is 9.30. The summed E-state index contributed by atoms with van der Waals surface area (Å²) in [5.74, 6) is -0.275. The van der Waals surface area contributed by atoms with E-state index < -0.39 is 5.41 Å². The van der Waals surface area contributed by atoms with Crippen LogP contribution in [0.4, 0.5) is 0 Å². The third-order valence-electron chi connectivity index (χ3n) is 4.42. The summed E-state index contributed by atoms with van der Waals surface area (Å²) in [6.45, 7) is 6.89. The molecule has 1 aliphatic carbocycles. The second-order valence-corrected chi connectivity index (χ2v) is 6.54. The molecular weight excluding hydrogens is 238 g/mol. The average molecular weight is 255 g/mol. The normalized spacial score (nSPS) is 32.4. The van der Waals surface area contributed by atoms with Gasteiger partial charge in [0.2, 0.25) is 0 Å². The molecule has 0 spiro atoms. The van der Waals surface area contributed by atoms with E-state index >= 15 is 0 Å². The van der Waals surface area contributed by atoms with Crippen LogP contribution in [0.2, 0.25) is 0 Å². The molecule has 0 aromatic heterocycles. The second kappa shape index (κ2) is 3.60. The molecule has 0 radical (unpaired) electrons. The lowest BCUT2D eigenvalue weighted by molar-refractivity contribution is -0.143. The Labute approximate surface area is 113 Å². The Bertz CT molecular complexity index is 576. The molecule has 1 heterocycles. The maximum absolute atomic E-state index is 11.7. The Morgan fingerprint density at radius 2 is 1.95 bits per heavy atom. The second-order valence-electron chi connectivity index (χ2n) is 6.54. The molecule has 2 fully saturated rings. The Balaban J connectivity index is 1.91. The maximum atomic E-state index is 11.7. The summed E-state index contributed by atoms with van der Waals surface area (Å²) in [4.78, 5) is 11.7. The number of hydrogen-bond donors (Lipinski definition) is 0. The van der Waals surface area contributed by atoms with E-state index in [1.807, 2.05) is 0 Å². The van der Waals surface area contributed by atoms with Gasteiger partial charge in [0.25, 0.3) is 0 Å². The van der Waals surface area contributed by atoms with Crippen LogP contribution < -0.4 is 0 Å². The van der Waals surface area contributed by atoms with Crippen molar-refractivity contribution in [2.45, 2.75) is 32.1 Å². The number of carbonyl (C=O) groups is 1. The highest BCUT2D eigenvalue weighted by Crippen LogP contribution is 2.68. The van der Waals surface area contributed by atoms with Gasteiger partial charge in [0, 0.05) is 11.8 Å². The Kier molecular flexibility index (Phi) is 2.32. The average Bonchev–Trinajstić information content (AvgIpc) is 2.93. The molecule has 98 valence electrons. The van der Waals surface area contributed by atoms with E-state index in [-0.39, 0.29) is 23.2 Å². The maximum Gasteiger partial charge on any atom is 0.327 e. The lowest BCUT2D eigenvalue weighted by atomic mass is 9.86. The Hall–Kier alpha value is -1.82. The number of benzene rings is 1. The molecule has 19 heavy (non-hydrogen) atoms. The lowest BCUT2D eigenvalue weighted by Gasteiger charge is -2.19. The van der Waals surface area contributed by atoms with Crippen LogP contribution in [0.3, 0.4) is 0 Å². The molecule has 1 saturated carbocycles. The van der Waals surface area contributed by atoms with Gasteiger partial charge in [-0.15, -0.1) is 0 Å². The Morgan fingerprint density at radius 3 is 2.42 bits per heavy atom. The molecular formula is C16H17NO2. The highest BCUT2D eigenvalue weighted by molar-refractivity contribution is 5.89. The van der Waals surface area contributed by atoms with Crippen LogP contribution in [0, 0.1) is 22.7 Å². The van der Waals surface area contributed by atoms with Crippen molar-refractivity contribution >= 4 is 5.97 Å². The fourth-order valence-corrected chi connectivity index (χ4v) is 3.13. The topological polar surface area (TPSA) is 50.1 Å². The molecule has 0 N–H and O–H groups in total. The number of cyclic esters (lactones) is 1. The number of rotatable bonds is 1.